The molecule has 8 nitrogen and oxygen atoms in total. The highest BCUT2D eigenvalue weighted by Gasteiger charge is 2.21. The van der Waals surface area contributed by atoms with Crippen LogP contribution < -0.4 is 15.0 Å². The maximum absolute atomic E-state index is 5.75. The van der Waals surface area contributed by atoms with Gasteiger partial charge in [-0.2, -0.15) is 0 Å². The van der Waals surface area contributed by atoms with E-state index in [1.807, 2.05) is 41.3 Å². The summed E-state index contributed by atoms with van der Waals surface area (Å²) in [4.78, 5) is 13.8. The van der Waals surface area contributed by atoms with E-state index in [0.29, 0.717) is 11.8 Å². The lowest BCUT2D eigenvalue weighted by Crippen LogP contribution is -2.36. The van der Waals surface area contributed by atoms with Crippen molar-refractivity contribution in [2.24, 2.45) is 18.0 Å². The van der Waals surface area contributed by atoms with Crippen molar-refractivity contribution in [1.29, 1.82) is 0 Å². The van der Waals surface area contributed by atoms with Gasteiger partial charge >= 0.3 is 0 Å². The van der Waals surface area contributed by atoms with E-state index in [4.69, 9.17) is 14.5 Å². The zero-order valence-electron chi connectivity index (χ0n) is 21.9. The van der Waals surface area contributed by atoms with Crippen LogP contribution in [-0.2, 0) is 11.8 Å². The smallest absolute Gasteiger partial charge is 0.154 e. The molecule has 0 amide bonds. The molecule has 192 valence electrons. The molecule has 1 aromatic heterocycles. The number of aliphatic imine (C=N–C) groups is 1. The van der Waals surface area contributed by atoms with Gasteiger partial charge < -0.3 is 29.2 Å². The third-order valence-electron chi connectivity index (χ3n) is 6.53. The van der Waals surface area contributed by atoms with Crippen LogP contribution in [0.5, 0.6) is 5.75 Å². The number of benzene rings is 2. The van der Waals surface area contributed by atoms with Gasteiger partial charge in [0.05, 0.1) is 54.8 Å². The maximum Gasteiger partial charge on any atom is 0.154 e. The quantitative estimate of drug-likeness (QED) is 0.502. The highest BCUT2D eigenvalue weighted by molar-refractivity contribution is 6.11. The summed E-state index contributed by atoms with van der Waals surface area (Å²) >= 11 is 0. The van der Waals surface area contributed by atoms with Gasteiger partial charge in [0.1, 0.15) is 5.75 Å². The van der Waals surface area contributed by atoms with E-state index >= 15 is 0 Å². The molecule has 0 aliphatic carbocycles. The van der Waals surface area contributed by atoms with Crippen molar-refractivity contribution in [3.8, 4) is 5.75 Å². The van der Waals surface area contributed by atoms with Crippen LogP contribution in [0.2, 0.25) is 0 Å². The van der Waals surface area contributed by atoms with E-state index in [-0.39, 0.29) is 0 Å². The molecule has 5 rings (SSSR count). The summed E-state index contributed by atoms with van der Waals surface area (Å²) in [5.74, 6) is 1.89. The molecule has 0 unspecified atom stereocenters. The lowest BCUT2D eigenvalue weighted by molar-refractivity contribution is 0.122. The summed E-state index contributed by atoms with van der Waals surface area (Å²) < 4.78 is 13.3. The van der Waals surface area contributed by atoms with Gasteiger partial charge in [-0.05, 0) is 30.2 Å². The van der Waals surface area contributed by atoms with E-state index < -0.39 is 0 Å². The minimum absolute atomic E-state index is 0.404. The predicted octanol–water partition coefficient (Wildman–Crippen LogP) is 5.23. The molecule has 1 N–H and O–H groups in total. The Morgan fingerprint density at radius 1 is 1.14 bits per heavy atom. The second-order valence-corrected chi connectivity index (χ2v) is 9.58. The Hall–Kier alpha value is -4.04. The summed E-state index contributed by atoms with van der Waals surface area (Å²) in [6.45, 7) is 11.8. The molecule has 0 saturated carbocycles. The Kier molecular flexibility index (Phi) is 7.01. The van der Waals surface area contributed by atoms with Crippen molar-refractivity contribution >= 4 is 33.9 Å². The molecular formula is C29H34N6O2. The summed E-state index contributed by atoms with van der Waals surface area (Å²) in [5.41, 5.74) is 6.53. The van der Waals surface area contributed by atoms with Gasteiger partial charge in [0, 0.05) is 49.9 Å². The van der Waals surface area contributed by atoms with Crippen LogP contribution in [0.1, 0.15) is 19.4 Å². The Morgan fingerprint density at radius 2 is 1.95 bits per heavy atom. The highest BCUT2D eigenvalue weighted by atomic mass is 16.5. The molecule has 2 aliphatic rings. The fourth-order valence-electron chi connectivity index (χ4n) is 4.44. The number of morpholine rings is 1. The molecule has 8 heteroatoms. The van der Waals surface area contributed by atoms with Crippen LogP contribution in [-0.4, -0.2) is 53.7 Å². The van der Waals surface area contributed by atoms with Gasteiger partial charge in [0.2, 0.25) is 0 Å². The largest absolute Gasteiger partial charge is 0.495 e. The average molecular weight is 499 g/mol. The molecule has 1 fully saturated rings. The number of methoxy groups -OCH3 is 1. The van der Waals surface area contributed by atoms with E-state index in [0.717, 1.165) is 71.4 Å². The number of hydrogen-bond acceptors (Lipinski definition) is 7. The fraction of sp³-hybridized carbons (Fsp3) is 0.310. The predicted molar refractivity (Wildman–Crippen MR) is 151 cm³/mol. The van der Waals surface area contributed by atoms with Crippen LogP contribution in [0.15, 0.2) is 78.5 Å². The van der Waals surface area contributed by atoms with Gasteiger partial charge in [0.25, 0.3) is 0 Å². The number of nitrogens with zero attached hydrogens (tertiary/aromatic N) is 5. The second-order valence-electron chi connectivity index (χ2n) is 9.58. The van der Waals surface area contributed by atoms with Crippen molar-refractivity contribution < 1.29 is 9.47 Å². The zero-order valence-corrected chi connectivity index (χ0v) is 21.9. The Balaban J connectivity index is 1.48. The van der Waals surface area contributed by atoms with E-state index in [2.05, 4.69) is 72.0 Å². The van der Waals surface area contributed by atoms with Crippen molar-refractivity contribution in [1.82, 2.24) is 14.5 Å². The van der Waals surface area contributed by atoms with E-state index in [1.54, 1.807) is 7.11 Å². The van der Waals surface area contributed by atoms with Crippen LogP contribution >= 0.6 is 0 Å². The van der Waals surface area contributed by atoms with Gasteiger partial charge in [-0.25, -0.2) is 9.98 Å². The third-order valence-corrected chi connectivity index (χ3v) is 6.53. The van der Waals surface area contributed by atoms with Gasteiger partial charge in [0.15, 0.2) is 5.84 Å². The molecule has 0 bridgehead atoms. The minimum atomic E-state index is 0.404. The molecular weight excluding hydrogens is 464 g/mol. The van der Waals surface area contributed by atoms with Gasteiger partial charge in [-0.1, -0.05) is 32.6 Å². The number of amidine groups is 1. The number of allylic oxidation sites excluding steroid dienone is 1. The third kappa shape index (κ3) is 5.24. The molecule has 2 aromatic carbocycles. The number of fused-ring (bicyclic) bond motifs is 1. The molecule has 0 atom stereocenters. The van der Waals surface area contributed by atoms with E-state index in [1.165, 1.54) is 0 Å². The second kappa shape index (κ2) is 10.5. The SMILES string of the molecule is C=C1C(Nc2ccc(N3CCOCC3)c(OC)c2)=NC(c2ccc3c(c2)ncn3C)=CN1/C=C\C(C)C. The zero-order chi connectivity index (χ0) is 25.9. The lowest BCUT2D eigenvalue weighted by atomic mass is 10.1. The number of hydrogen-bond donors (Lipinski definition) is 1. The Morgan fingerprint density at radius 3 is 2.70 bits per heavy atom. The first-order valence-electron chi connectivity index (χ1n) is 12.6. The molecule has 37 heavy (non-hydrogen) atoms. The number of rotatable bonds is 6. The number of aryl methyl sites for hydroxylation is 1. The number of imidazole rings is 1. The average Bonchev–Trinajstić information content (AvgIpc) is 3.29. The van der Waals surface area contributed by atoms with Crippen molar-refractivity contribution in [3.05, 3.63) is 79.0 Å². The summed E-state index contributed by atoms with van der Waals surface area (Å²) in [6.07, 6.45) is 8.03. The highest BCUT2D eigenvalue weighted by Crippen LogP contribution is 2.33. The summed E-state index contributed by atoms with van der Waals surface area (Å²) in [7, 11) is 3.70. The summed E-state index contributed by atoms with van der Waals surface area (Å²) in [6, 6.07) is 12.4. The van der Waals surface area contributed by atoms with Crippen LogP contribution in [0.25, 0.3) is 16.7 Å². The molecule has 3 aromatic rings. The minimum Gasteiger partial charge on any atom is -0.495 e. The molecule has 3 heterocycles. The van der Waals surface area contributed by atoms with Crippen molar-refractivity contribution in [2.75, 3.05) is 43.6 Å². The number of aromatic nitrogens is 2. The van der Waals surface area contributed by atoms with Crippen molar-refractivity contribution in [3.63, 3.8) is 0 Å². The number of nitrogens with one attached hydrogen (secondary N) is 1. The molecule has 2 aliphatic heterocycles. The first-order valence-corrected chi connectivity index (χ1v) is 12.6. The van der Waals surface area contributed by atoms with Crippen molar-refractivity contribution in [2.45, 2.75) is 13.8 Å². The first kappa shape index (κ1) is 24.6. The maximum atomic E-state index is 5.75. The van der Waals surface area contributed by atoms with Gasteiger partial charge in [-0.3, -0.25) is 0 Å². The number of anilines is 2. The molecule has 0 radical (unpaired) electrons. The van der Waals surface area contributed by atoms with E-state index in [9.17, 15) is 0 Å². The number of ether oxygens (including phenoxy) is 2. The first-order chi connectivity index (χ1) is 17.9. The molecule has 0 spiro atoms. The summed E-state index contributed by atoms with van der Waals surface area (Å²) in [5, 5.41) is 3.49. The van der Waals surface area contributed by atoms with Crippen LogP contribution in [0.4, 0.5) is 11.4 Å². The monoisotopic (exact) mass is 498 g/mol. The fourth-order valence-corrected chi connectivity index (χ4v) is 4.44. The Bertz CT molecular complexity index is 1390. The standard InChI is InChI=1S/C29H34N6O2/c1-20(2)10-11-35-18-25(22-6-8-26-24(16-22)30-19-33(26)4)32-29(21(35)3)31-23-7-9-27(28(17-23)36-5)34-12-14-37-15-13-34/h6-11,16-20H,3,12-15H2,1-2,4-5H3,(H,31,32)/b11-10-. The van der Waals surface area contributed by atoms with Crippen LogP contribution in [0.3, 0.4) is 0 Å². The van der Waals surface area contributed by atoms with Gasteiger partial charge in [-0.15, -0.1) is 0 Å². The normalized spacial score (nSPS) is 16.5. The van der Waals surface area contributed by atoms with Crippen LogP contribution in [0, 0.1) is 5.92 Å². The molecule has 1 saturated heterocycles. The Labute approximate surface area is 218 Å². The lowest BCUT2D eigenvalue weighted by Gasteiger charge is -2.30. The topological polar surface area (TPSA) is 67.2 Å².